The maximum absolute atomic E-state index is 8.08. The Morgan fingerprint density at radius 3 is 0.676 bits per heavy atom. The molecule has 208 valence electrons. The molecule has 0 bridgehead atoms. The Morgan fingerprint density at radius 1 is 0.294 bits per heavy atom. The molecule has 0 aliphatic heterocycles. The van der Waals surface area contributed by atoms with Crippen molar-refractivity contribution in [1.29, 1.82) is 0 Å². The maximum atomic E-state index is 8.08. The Balaban J connectivity index is 4.96. The van der Waals surface area contributed by atoms with E-state index in [0.29, 0.717) is 0 Å². The first-order chi connectivity index (χ1) is 16.5. The van der Waals surface area contributed by atoms with Crippen molar-refractivity contribution < 1.29 is 0 Å². The summed E-state index contributed by atoms with van der Waals surface area (Å²) in [4.78, 5) is 0. The molecule has 0 unspecified atom stereocenters. The molecule has 0 rings (SSSR count). The summed E-state index contributed by atoms with van der Waals surface area (Å²) in [5, 5.41) is 0. The van der Waals surface area contributed by atoms with Gasteiger partial charge in [-0.1, -0.05) is 0 Å². The first kappa shape index (κ1) is 34.7. The third-order valence-corrected chi connectivity index (χ3v) is 16.0. The van der Waals surface area contributed by atoms with Gasteiger partial charge in [-0.3, -0.25) is 0 Å². The third-order valence-electron chi connectivity index (χ3n) is 8.28. The summed E-state index contributed by atoms with van der Waals surface area (Å²) < 4.78 is 0. The Labute approximate surface area is 223 Å². The number of hydrogen-bond acceptors (Lipinski definition) is 0. The van der Waals surface area contributed by atoms with E-state index in [1.54, 1.807) is 0 Å². The Kier molecular flexibility index (Phi) is 24.6. The van der Waals surface area contributed by atoms with Crippen LogP contribution in [0.3, 0.4) is 0 Å². The van der Waals surface area contributed by atoms with Crippen LogP contribution in [-0.2, 0) is 0 Å². The number of rotatable bonds is 28. The molecule has 2 heteroatoms. The zero-order chi connectivity index (χ0) is 25.2. The molecule has 0 aromatic rings. The van der Waals surface area contributed by atoms with Crippen LogP contribution in [0.5, 0.6) is 0 Å². The molecule has 0 atom stereocenters. The summed E-state index contributed by atoms with van der Waals surface area (Å²) in [5.74, 6) is -2.09. The van der Waals surface area contributed by atoms with Crippen molar-refractivity contribution >= 4 is 17.2 Å². The Hall–Kier alpha value is 0.720. The van der Waals surface area contributed by atoms with Gasteiger partial charge in [0.15, 0.2) is 0 Å². The van der Waals surface area contributed by atoms with Crippen molar-refractivity contribution in [3.8, 4) is 0 Å². The summed E-state index contributed by atoms with van der Waals surface area (Å²) in [5.41, 5.74) is 0. The van der Waals surface area contributed by atoms with E-state index in [9.17, 15) is 0 Å². The molecule has 34 heavy (non-hydrogen) atoms. The summed E-state index contributed by atoms with van der Waals surface area (Å²) >= 11 is 8.08. The van der Waals surface area contributed by atoms with Gasteiger partial charge in [0.25, 0.3) is 0 Å². The van der Waals surface area contributed by atoms with Gasteiger partial charge < -0.3 is 0 Å². The summed E-state index contributed by atoms with van der Waals surface area (Å²) in [6.45, 7) is 9.31. The standard InChI is InChI=1S/C32H68ClP/c1-5-9-13-17-19-23-27-31-34(33,29-25-21-15-11-7-3,30-26-22-16-12-8-4)32-28-24-20-18-14-10-6-2/h5-32H2,1-4H3. The molecular formula is C32H68ClP. The second kappa shape index (κ2) is 24.1. The molecule has 0 heterocycles. The van der Waals surface area contributed by atoms with Crippen molar-refractivity contribution in [2.75, 3.05) is 24.6 Å². The normalized spacial score (nSPS) is 13.3. The van der Waals surface area contributed by atoms with Crippen molar-refractivity contribution in [2.45, 2.75) is 182 Å². The van der Waals surface area contributed by atoms with Crippen molar-refractivity contribution in [2.24, 2.45) is 0 Å². The van der Waals surface area contributed by atoms with Gasteiger partial charge in [0.05, 0.1) is 0 Å². The molecule has 0 amide bonds. The first-order valence-corrected chi connectivity index (χ1v) is 20.1. The van der Waals surface area contributed by atoms with E-state index in [4.69, 9.17) is 11.2 Å². The molecule has 0 aromatic heterocycles. The van der Waals surface area contributed by atoms with Crippen molar-refractivity contribution in [3.63, 3.8) is 0 Å². The molecule has 0 aromatic carbocycles. The summed E-state index contributed by atoms with van der Waals surface area (Å²) in [7, 11) is 0. The van der Waals surface area contributed by atoms with E-state index < -0.39 is 5.96 Å². The first-order valence-electron chi connectivity index (χ1n) is 16.3. The molecule has 0 aliphatic carbocycles. The fourth-order valence-electron chi connectivity index (χ4n) is 5.82. The monoisotopic (exact) mass is 518 g/mol. The molecule has 0 fully saturated rings. The topological polar surface area (TPSA) is 0 Å². The Morgan fingerprint density at radius 2 is 0.471 bits per heavy atom. The van der Waals surface area contributed by atoms with E-state index >= 15 is 0 Å². The van der Waals surface area contributed by atoms with Gasteiger partial charge >= 0.3 is 224 Å². The van der Waals surface area contributed by atoms with E-state index in [0.717, 1.165) is 0 Å². The van der Waals surface area contributed by atoms with Crippen LogP contribution >= 0.6 is 17.2 Å². The van der Waals surface area contributed by atoms with Gasteiger partial charge in [-0.15, -0.1) is 0 Å². The summed E-state index contributed by atoms with van der Waals surface area (Å²) in [6.07, 6.45) is 39.5. The minimum absolute atomic E-state index is 1.35. The Bertz CT molecular complexity index is 372. The predicted molar refractivity (Wildman–Crippen MR) is 166 cm³/mol. The molecule has 0 N–H and O–H groups in total. The van der Waals surface area contributed by atoms with Crippen LogP contribution in [0, 0.1) is 0 Å². The van der Waals surface area contributed by atoms with Crippen LogP contribution in [0.25, 0.3) is 0 Å². The van der Waals surface area contributed by atoms with Gasteiger partial charge in [-0.2, -0.15) is 0 Å². The number of halogens is 1. The fourth-order valence-corrected chi connectivity index (χ4v) is 12.7. The van der Waals surface area contributed by atoms with Crippen LogP contribution < -0.4 is 0 Å². The van der Waals surface area contributed by atoms with Gasteiger partial charge in [0, 0.05) is 0 Å². The van der Waals surface area contributed by atoms with Crippen molar-refractivity contribution in [3.05, 3.63) is 0 Å². The average molecular weight is 519 g/mol. The van der Waals surface area contributed by atoms with E-state index in [1.807, 2.05) is 0 Å². The molecule has 0 aliphatic rings. The number of unbranched alkanes of at least 4 members (excludes halogenated alkanes) is 20. The summed E-state index contributed by atoms with van der Waals surface area (Å²) in [6, 6.07) is 0. The molecule has 0 spiro atoms. The molecule has 0 saturated carbocycles. The van der Waals surface area contributed by atoms with Crippen LogP contribution in [0.15, 0.2) is 0 Å². The van der Waals surface area contributed by atoms with Crippen LogP contribution in [-0.4, -0.2) is 24.6 Å². The second-order valence-electron chi connectivity index (χ2n) is 11.8. The van der Waals surface area contributed by atoms with Gasteiger partial charge in [0.1, 0.15) is 0 Å². The van der Waals surface area contributed by atoms with Crippen molar-refractivity contribution in [1.82, 2.24) is 0 Å². The van der Waals surface area contributed by atoms with Crippen LogP contribution in [0.4, 0.5) is 0 Å². The molecular weight excluding hydrogens is 451 g/mol. The molecule has 0 saturated heterocycles. The molecule has 0 nitrogen and oxygen atoms in total. The zero-order valence-corrected chi connectivity index (χ0v) is 26.3. The average Bonchev–Trinajstić information content (AvgIpc) is 2.83. The third kappa shape index (κ3) is 19.9. The van der Waals surface area contributed by atoms with Gasteiger partial charge in [-0.25, -0.2) is 0 Å². The fraction of sp³-hybridized carbons (Fsp3) is 1.00. The predicted octanol–water partition coefficient (Wildman–Crippen LogP) is 13.1. The zero-order valence-electron chi connectivity index (χ0n) is 24.6. The quantitative estimate of drug-likeness (QED) is 0.0713. The number of hydrogen-bond donors (Lipinski definition) is 0. The molecule has 0 radical (unpaired) electrons. The van der Waals surface area contributed by atoms with E-state index in [1.165, 1.54) is 179 Å². The second-order valence-corrected chi connectivity index (χ2v) is 20.1. The van der Waals surface area contributed by atoms with Gasteiger partial charge in [-0.05, 0) is 0 Å². The van der Waals surface area contributed by atoms with Gasteiger partial charge in [0.2, 0.25) is 0 Å². The SMILES string of the molecule is CCCCCCCCCP(Cl)(CCCCCCC)(CCCCCCC)CCCCCCCCC. The van der Waals surface area contributed by atoms with E-state index in [-0.39, 0.29) is 0 Å². The minimum atomic E-state index is -2.09. The van der Waals surface area contributed by atoms with Crippen LogP contribution in [0.1, 0.15) is 182 Å². The van der Waals surface area contributed by atoms with Crippen LogP contribution in [0.2, 0.25) is 0 Å². The van der Waals surface area contributed by atoms with E-state index in [2.05, 4.69) is 27.7 Å².